The normalized spacial score (nSPS) is 43.0. The maximum atomic E-state index is 10.3. The predicted molar refractivity (Wildman–Crippen MR) is 73.6 cm³/mol. The molecule has 0 amide bonds. The van der Waals surface area contributed by atoms with Gasteiger partial charge in [-0.25, -0.2) is 0 Å². The predicted octanol–water partition coefficient (Wildman–Crippen LogP) is 2.43. The number of ether oxygens (including phenoxy) is 1. The number of aliphatic hydroxyl groups excluding tert-OH is 1. The van der Waals surface area contributed by atoms with E-state index in [1.54, 1.807) is 0 Å². The lowest BCUT2D eigenvalue weighted by Gasteiger charge is -2.45. The maximum absolute atomic E-state index is 10.3. The molecule has 2 fully saturated rings. The van der Waals surface area contributed by atoms with Crippen LogP contribution in [0.1, 0.15) is 52.9 Å². The summed E-state index contributed by atoms with van der Waals surface area (Å²) in [4.78, 5) is 2.48. The zero-order chi connectivity index (χ0) is 13.1. The summed E-state index contributed by atoms with van der Waals surface area (Å²) in [7, 11) is 0. The molecule has 0 aromatic heterocycles. The Hall–Kier alpha value is -0.120. The zero-order valence-electron chi connectivity index (χ0n) is 12.1. The zero-order valence-corrected chi connectivity index (χ0v) is 12.1. The minimum atomic E-state index is -0.129. The Balaban J connectivity index is 1.96. The third-order valence-electron chi connectivity index (χ3n) is 4.50. The van der Waals surface area contributed by atoms with Crippen molar-refractivity contribution in [3.8, 4) is 0 Å². The van der Waals surface area contributed by atoms with Crippen LogP contribution in [0.5, 0.6) is 0 Å². The molecule has 1 N–H and O–H groups in total. The number of nitrogens with zero attached hydrogens (tertiary/aromatic N) is 1. The van der Waals surface area contributed by atoms with Crippen LogP contribution in [0.2, 0.25) is 0 Å². The number of rotatable bonds is 3. The lowest BCUT2D eigenvalue weighted by molar-refractivity contribution is -0.106. The molecular formula is C15H29NO2. The monoisotopic (exact) mass is 255 g/mol. The SMILES string of the molecule is CCCC1CCC(O)C(N2CC(C)OC(C)C2)C1. The average Bonchev–Trinajstić information content (AvgIpc) is 2.30. The topological polar surface area (TPSA) is 32.7 Å². The van der Waals surface area contributed by atoms with E-state index in [0.29, 0.717) is 18.2 Å². The summed E-state index contributed by atoms with van der Waals surface area (Å²) in [5, 5.41) is 10.3. The largest absolute Gasteiger partial charge is 0.391 e. The smallest absolute Gasteiger partial charge is 0.0695 e. The van der Waals surface area contributed by atoms with Crippen molar-refractivity contribution in [3.63, 3.8) is 0 Å². The summed E-state index contributed by atoms with van der Waals surface area (Å²) >= 11 is 0. The van der Waals surface area contributed by atoms with E-state index in [-0.39, 0.29) is 6.10 Å². The Labute approximate surface area is 112 Å². The number of hydrogen-bond acceptors (Lipinski definition) is 3. The molecule has 106 valence electrons. The molecule has 2 rings (SSSR count). The summed E-state index contributed by atoms with van der Waals surface area (Å²) in [5.74, 6) is 0.817. The van der Waals surface area contributed by atoms with E-state index in [0.717, 1.165) is 25.4 Å². The molecular weight excluding hydrogens is 226 g/mol. The second-order valence-electron chi connectivity index (χ2n) is 6.31. The van der Waals surface area contributed by atoms with Gasteiger partial charge in [-0.15, -0.1) is 0 Å². The fourth-order valence-electron chi connectivity index (χ4n) is 3.77. The van der Waals surface area contributed by atoms with Crippen molar-refractivity contribution in [2.75, 3.05) is 13.1 Å². The molecule has 3 heteroatoms. The second kappa shape index (κ2) is 6.36. The lowest BCUT2D eigenvalue weighted by Crippen LogP contribution is -2.55. The first-order chi connectivity index (χ1) is 8.60. The van der Waals surface area contributed by atoms with Crippen molar-refractivity contribution in [1.29, 1.82) is 0 Å². The van der Waals surface area contributed by atoms with Crippen LogP contribution in [0.3, 0.4) is 0 Å². The van der Waals surface area contributed by atoms with E-state index in [9.17, 15) is 5.11 Å². The third kappa shape index (κ3) is 3.46. The molecule has 0 aromatic rings. The summed E-state index contributed by atoms with van der Waals surface area (Å²) in [6.45, 7) is 8.50. The highest BCUT2D eigenvalue weighted by molar-refractivity contribution is 4.89. The Morgan fingerprint density at radius 1 is 1.17 bits per heavy atom. The lowest BCUT2D eigenvalue weighted by atomic mass is 9.80. The van der Waals surface area contributed by atoms with Gasteiger partial charge in [0.15, 0.2) is 0 Å². The van der Waals surface area contributed by atoms with Gasteiger partial charge in [0.25, 0.3) is 0 Å². The van der Waals surface area contributed by atoms with Crippen molar-refractivity contribution in [2.45, 2.75) is 77.2 Å². The molecule has 18 heavy (non-hydrogen) atoms. The van der Waals surface area contributed by atoms with E-state index in [2.05, 4.69) is 25.7 Å². The quantitative estimate of drug-likeness (QED) is 0.840. The molecule has 3 nitrogen and oxygen atoms in total. The number of aliphatic hydroxyl groups is 1. The van der Waals surface area contributed by atoms with E-state index < -0.39 is 0 Å². The van der Waals surface area contributed by atoms with E-state index >= 15 is 0 Å². The van der Waals surface area contributed by atoms with Crippen LogP contribution in [-0.4, -0.2) is 47.4 Å². The molecule has 1 saturated heterocycles. The first-order valence-corrected chi connectivity index (χ1v) is 7.67. The van der Waals surface area contributed by atoms with Gasteiger partial charge >= 0.3 is 0 Å². The van der Waals surface area contributed by atoms with Crippen LogP contribution in [0, 0.1) is 5.92 Å². The van der Waals surface area contributed by atoms with Gasteiger partial charge in [0.05, 0.1) is 18.3 Å². The molecule has 5 unspecified atom stereocenters. The Bertz CT molecular complexity index is 249. The van der Waals surface area contributed by atoms with Gasteiger partial charge in [0, 0.05) is 19.1 Å². The van der Waals surface area contributed by atoms with Crippen molar-refractivity contribution < 1.29 is 9.84 Å². The van der Waals surface area contributed by atoms with Crippen LogP contribution in [0.25, 0.3) is 0 Å². The minimum absolute atomic E-state index is 0.129. The molecule has 1 saturated carbocycles. The summed E-state index contributed by atoms with van der Waals surface area (Å²) in [5.41, 5.74) is 0. The molecule has 1 aliphatic heterocycles. The molecule has 0 bridgehead atoms. The highest BCUT2D eigenvalue weighted by Gasteiger charge is 2.36. The maximum Gasteiger partial charge on any atom is 0.0695 e. The van der Waals surface area contributed by atoms with Crippen LogP contribution in [-0.2, 0) is 4.74 Å². The van der Waals surface area contributed by atoms with E-state index in [1.165, 1.54) is 25.7 Å². The molecule has 5 atom stereocenters. The van der Waals surface area contributed by atoms with Gasteiger partial charge in [-0.05, 0) is 39.0 Å². The molecule has 1 heterocycles. The standard InChI is InChI=1S/C15H29NO2/c1-4-5-13-6-7-15(17)14(8-13)16-9-11(2)18-12(3)10-16/h11-15,17H,4-10H2,1-3H3. The summed E-state index contributed by atoms with van der Waals surface area (Å²) < 4.78 is 5.79. The van der Waals surface area contributed by atoms with Crippen molar-refractivity contribution in [2.24, 2.45) is 5.92 Å². The number of hydrogen-bond donors (Lipinski definition) is 1. The van der Waals surface area contributed by atoms with Crippen LogP contribution < -0.4 is 0 Å². The highest BCUT2D eigenvalue weighted by atomic mass is 16.5. The van der Waals surface area contributed by atoms with Gasteiger partial charge in [-0.2, -0.15) is 0 Å². The highest BCUT2D eigenvalue weighted by Crippen LogP contribution is 2.32. The number of morpholine rings is 1. The average molecular weight is 255 g/mol. The third-order valence-corrected chi connectivity index (χ3v) is 4.50. The first-order valence-electron chi connectivity index (χ1n) is 7.67. The van der Waals surface area contributed by atoms with Gasteiger partial charge in [-0.1, -0.05) is 19.8 Å². The molecule has 1 aliphatic carbocycles. The molecule has 0 spiro atoms. The van der Waals surface area contributed by atoms with Crippen molar-refractivity contribution in [1.82, 2.24) is 4.90 Å². The molecule has 2 aliphatic rings. The van der Waals surface area contributed by atoms with E-state index in [1.807, 2.05) is 0 Å². The minimum Gasteiger partial charge on any atom is -0.391 e. The van der Waals surface area contributed by atoms with Gasteiger partial charge < -0.3 is 9.84 Å². The fourth-order valence-corrected chi connectivity index (χ4v) is 3.77. The van der Waals surface area contributed by atoms with Gasteiger partial charge in [0.2, 0.25) is 0 Å². The Morgan fingerprint density at radius 3 is 2.44 bits per heavy atom. The van der Waals surface area contributed by atoms with Crippen molar-refractivity contribution >= 4 is 0 Å². The summed E-state index contributed by atoms with van der Waals surface area (Å²) in [6.07, 6.45) is 6.42. The van der Waals surface area contributed by atoms with Crippen molar-refractivity contribution in [3.05, 3.63) is 0 Å². The van der Waals surface area contributed by atoms with E-state index in [4.69, 9.17) is 4.74 Å². The van der Waals surface area contributed by atoms with Crippen LogP contribution >= 0.6 is 0 Å². The summed E-state index contributed by atoms with van der Waals surface area (Å²) in [6, 6.07) is 0.365. The van der Waals surface area contributed by atoms with Crippen LogP contribution in [0.15, 0.2) is 0 Å². The second-order valence-corrected chi connectivity index (χ2v) is 6.31. The van der Waals surface area contributed by atoms with Gasteiger partial charge in [-0.3, -0.25) is 4.90 Å². The molecule has 0 aromatic carbocycles. The van der Waals surface area contributed by atoms with Crippen LogP contribution in [0.4, 0.5) is 0 Å². The fraction of sp³-hybridized carbons (Fsp3) is 1.00. The Kier molecular flexibility index (Phi) is 5.05. The Morgan fingerprint density at radius 2 is 1.83 bits per heavy atom. The first kappa shape index (κ1) is 14.3. The molecule has 0 radical (unpaired) electrons. The van der Waals surface area contributed by atoms with Gasteiger partial charge in [0.1, 0.15) is 0 Å².